The van der Waals surface area contributed by atoms with Crippen molar-refractivity contribution in [2.75, 3.05) is 18.0 Å². The van der Waals surface area contributed by atoms with Crippen LogP contribution in [0, 0.1) is 5.92 Å². The Kier molecular flexibility index (Phi) is 3.66. The van der Waals surface area contributed by atoms with Crippen LogP contribution in [0.15, 0.2) is 48.7 Å². The molecule has 1 aliphatic rings. The average molecular weight is 304 g/mol. The molecule has 0 bridgehead atoms. The second kappa shape index (κ2) is 5.95. The van der Waals surface area contributed by atoms with Gasteiger partial charge in [0.25, 0.3) is 0 Å². The Labute approximate surface area is 136 Å². The molecule has 0 spiro atoms. The first-order chi connectivity index (χ1) is 11.3. The van der Waals surface area contributed by atoms with Gasteiger partial charge in [0.05, 0.1) is 0 Å². The monoisotopic (exact) mass is 304 g/mol. The Morgan fingerprint density at radius 2 is 1.74 bits per heavy atom. The van der Waals surface area contributed by atoms with E-state index in [2.05, 4.69) is 28.9 Å². The molecule has 0 atom stereocenters. The molecule has 1 saturated heterocycles. The molecule has 3 aromatic rings. The van der Waals surface area contributed by atoms with Gasteiger partial charge in [-0.2, -0.15) is 0 Å². The number of benzene rings is 1. The molecule has 0 saturated carbocycles. The summed E-state index contributed by atoms with van der Waals surface area (Å²) >= 11 is 0. The molecule has 23 heavy (non-hydrogen) atoms. The Bertz CT molecular complexity index is 808. The molecule has 4 heteroatoms. The number of nitrogens with zero attached hydrogens (tertiary/aromatic N) is 4. The van der Waals surface area contributed by atoms with E-state index < -0.39 is 0 Å². The maximum Gasteiger partial charge on any atom is 0.180 e. The summed E-state index contributed by atoms with van der Waals surface area (Å²) in [7, 11) is 0. The summed E-state index contributed by atoms with van der Waals surface area (Å²) in [5.41, 5.74) is 3.64. The number of hydrogen-bond donors (Lipinski definition) is 0. The first-order valence-electron chi connectivity index (χ1n) is 8.24. The van der Waals surface area contributed by atoms with Gasteiger partial charge in [0, 0.05) is 24.8 Å². The summed E-state index contributed by atoms with van der Waals surface area (Å²) in [5.74, 6) is 1.76. The van der Waals surface area contributed by atoms with Gasteiger partial charge in [-0.15, -0.1) is 0 Å². The first kappa shape index (κ1) is 14.1. The van der Waals surface area contributed by atoms with Crippen molar-refractivity contribution < 1.29 is 0 Å². The lowest BCUT2D eigenvalue weighted by Crippen LogP contribution is -2.34. The van der Waals surface area contributed by atoms with Crippen LogP contribution >= 0.6 is 0 Å². The fraction of sp³-hybridized carbons (Fsp3) is 0.316. The molecule has 1 aliphatic heterocycles. The SMILES string of the molecule is CC1CCN(c2nc3ncccc3nc2-c2ccccc2)CC1. The molecule has 1 fully saturated rings. The Balaban J connectivity index is 1.86. The lowest BCUT2D eigenvalue weighted by molar-refractivity contribution is 0.437. The number of rotatable bonds is 2. The van der Waals surface area contributed by atoms with E-state index in [1.807, 2.05) is 30.3 Å². The zero-order chi connectivity index (χ0) is 15.6. The second-order valence-corrected chi connectivity index (χ2v) is 6.28. The van der Waals surface area contributed by atoms with E-state index in [9.17, 15) is 0 Å². The van der Waals surface area contributed by atoms with Crippen LogP contribution < -0.4 is 4.90 Å². The van der Waals surface area contributed by atoms with Crippen molar-refractivity contribution in [2.45, 2.75) is 19.8 Å². The summed E-state index contributed by atoms with van der Waals surface area (Å²) in [6.07, 6.45) is 4.19. The van der Waals surface area contributed by atoms with Gasteiger partial charge in [0.1, 0.15) is 11.2 Å². The van der Waals surface area contributed by atoms with Gasteiger partial charge < -0.3 is 4.90 Å². The maximum atomic E-state index is 4.87. The van der Waals surface area contributed by atoms with Crippen molar-refractivity contribution >= 4 is 17.0 Å². The van der Waals surface area contributed by atoms with Crippen molar-refractivity contribution in [3.63, 3.8) is 0 Å². The fourth-order valence-corrected chi connectivity index (χ4v) is 3.12. The highest BCUT2D eigenvalue weighted by atomic mass is 15.2. The van der Waals surface area contributed by atoms with Gasteiger partial charge in [-0.05, 0) is 30.9 Å². The van der Waals surface area contributed by atoms with Gasteiger partial charge in [0.15, 0.2) is 11.5 Å². The first-order valence-corrected chi connectivity index (χ1v) is 8.24. The molecule has 2 aromatic heterocycles. The maximum absolute atomic E-state index is 4.87. The Morgan fingerprint density at radius 1 is 0.957 bits per heavy atom. The number of hydrogen-bond acceptors (Lipinski definition) is 4. The van der Waals surface area contributed by atoms with E-state index in [1.165, 1.54) is 12.8 Å². The van der Waals surface area contributed by atoms with Crippen molar-refractivity contribution in [2.24, 2.45) is 5.92 Å². The lowest BCUT2D eigenvalue weighted by atomic mass is 9.99. The van der Waals surface area contributed by atoms with Crippen LogP contribution in [-0.4, -0.2) is 28.0 Å². The van der Waals surface area contributed by atoms with Crippen LogP contribution in [0.5, 0.6) is 0 Å². The normalized spacial score (nSPS) is 16.0. The van der Waals surface area contributed by atoms with Crippen molar-refractivity contribution in [3.05, 3.63) is 48.7 Å². The average Bonchev–Trinajstić information content (AvgIpc) is 2.62. The van der Waals surface area contributed by atoms with E-state index >= 15 is 0 Å². The topological polar surface area (TPSA) is 41.9 Å². The summed E-state index contributed by atoms with van der Waals surface area (Å²) in [6, 6.07) is 14.2. The van der Waals surface area contributed by atoms with Crippen molar-refractivity contribution in [1.29, 1.82) is 0 Å². The van der Waals surface area contributed by atoms with Gasteiger partial charge in [-0.3, -0.25) is 0 Å². The minimum atomic E-state index is 0.723. The van der Waals surface area contributed by atoms with Crippen LogP contribution in [0.4, 0.5) is 5.82 Å². The molecular weight excluding hydrogens is 284 g/mol. The standard InChI is InChI=1S/C19H20N4/c1-14-9-12-23(13-10-14)19-17(15-6-3-2-4-7-15)21-16-8-5-11-20-18(16)22-19/h2-8,11,14H,9-10,12-13H2,1H3. The zero-order valence-corrected chi connectivity index (χ0v) is 13.3. The van der Waals surface area contributed by atoms with Crippen LogP contribution in [0.3, 0.4) is 0 Å². The minimum Gasteiger partial charge on any atom is -0.355 e. The van der Waals surface area contributed by atoms with Gasteiger partial charge in [0.2, 0.25) is 0 Å². The lowest BCUT2D eigenvalue weighted by Gasteiger charge is -2.32. The molecule has 0 amide bonds. The van der Waals surface area contributed by atoms with E-state index in [1.54, 1.807) is 6.20 Å². The number of anilines is 1. The summed E-state index contributed by atoms with van der Waals surface area (Å²) in [6.45, 7) is 4.39. The van der Waals surface area contributed by atoms with Crippen LogP contribution in [-0.2, 0) is 0 Å². The molecule has 4 nitrogen and oxygen atoms in total. The quantitative estimate of drug-likeness (QED) is 0.719. The van der Waals surface area contributed by atoms with Crippen molar-refractivity contribution in [3.8, 4) is 11.3 Å². The summed E-state index contributed by atoms with van der Waals surface area (Å²) in [4.78, 5) is 16.5. The van der Waals surface area contributed by atoms with E-state index in [-0.39, 0.29) is 0 Å². The van der Waals surface area contributed by atoms with E-state index in [0.717, 1.165) is 47.2 Å². The van der Waals surface area contributed by atoms with Crippen LogP contribution in [0.1, 0.15) is 19.8 Å². The summed E-state index contributed by atoms with van der Waals surface area (Å²) in [5, 5.41) is 0. The highest BCUT2D eigenvalue weighted by Crippen LogP contribution is 2.31. The second-order valence-electron chi connectivity index (χ2n) is 6.28. The van der Waals surface area contributed by atoms with Gasteiger partial charge in [-0.1, -0.05) is 37.3 Å². The molecule has 4 rings (SSSR count). The third-order valence-electron chi connectivity index (χ3n) is 4.55. The molecule has 0 aliphatic carbocycles. The summed E-state index contributed by atoms with van der Waals surface area (Å²) < 4.78 is 0. The number of piperidine rings is 1. The predicted molar refractivity (Wildman–Crippen MR) is 93.4 cm³/mol. The van der Waals surface area contributed by atoms with Gasteiger partial charge >= 0.3 is 0 Å². The highest BCUT2D eigenvalue weighted by molar-refractivity contribution is 5.81. The smallest absolute Gasteiger partial charge is 0.180 e. The van der Waals surface area contributed by atoms with Crippen LogP contribution in [0.25, 0.3) is 22.4 Å². The fourth-order valence-electron chi connectivity index (χ4n) is 3.12. The molecule has 0 unspecified atom stereocenters. The number of pyridine rings is 1. The third kappa shape index (κ3) is 2.77. The van der Waals surface area contributed by atoms with E-state index in [0.29, 0.717) is 0 Å². The Hall–Kier alpha value is -2.49. The Morgan fingerprint density at radius 3 is 2.52 bits per heavy atom. The van der Waals surface area contributed by atoms with Crippen LogP contribution in [0.2, 0.25) is 0 Å². The molecular formula is C19H20N4. The van der Waals surface area contributed by atoms with E-state index in [4.69, 9.17) is 9.97 Å². The molecule has 1 aromatic carbocycles. The highest BCUT2D eigenvalue weighted by Gasteiger charge is 2.22. The minimum absolute atomic E-state index is 0.723. The third-order valence-corrected chi connectivity index (χ3v) is 4.55. The van der Waals surface area contributed by atoms with Gasteiger partial charge in [-0.25, -0.2) is 15.0 Å². The largest absolute Gasteiger partial charge is 0.355 e. The zero-order valence-electron chi connectivity index (χ0n) is 13.3. The predicted octanol–water partition coefficient (Wildman–Crippen LogP) is 3.93. The molecule has 0 N–H and O–H groups in total. The molecule has 0 radical (unpaired) electrons. The number of aromatic nitrogens is 3. The number of fused-ring (bicyclic) bond motifs is 1. The van der Waals surface area contributed by atoms with Crippen molar-refractivity contribution in [1.82, 2.24) is 15.0 Å². The molecule has 116 valence electrons. The molecule has 3 heterocycles.